The fraction of sp³-hybridized carbons (Fsp3) is 0.462. The van der Waals surface area contributed by atoms with E-state index >= 15 is 0 Å². The predicted molar refractivity (Wildman–Crippen MR) is 67.3 cm³/mol. The molecular weight excluding hydrogens is 214 g/mol. The number of nitrogens with one attached hydrogen (secondary N) is 1. The number of benzene rings is 1. The number of para-hydroxylation sites is 1. The van der Waals surface area contributed by atoms with Gasteiger partial charge in [-0.3, -0.25) is 0 Å². The van der Waals surface area contributed by atoms with Crippen molar-refractivity contribution in [1.82, 2.24) is 14.9 Å². The molecule has 1 atom stereocenters. The quantitative estimate of drug-likeness (QED) is 0.873. The van der Waals surface area contributed by atoms with Crippen molar-refractivity contribution in [3.63, 3.8) is 0 Å². The Morgan fingerprint density at radius 1 is 1.53 bits per heavy atom. The highest BCUT2D eigenvalue weighted by Gasteiger charge is 2.16. The number of fused-ring (bicyclic) bond motifs is 1. The number of hydrogen-bond donors (Lipinski definition) is 1. The first-order chi connectivity index (χ1) is 8.38. The number of imidazole rings is 1. The molecule has 4 heteroatoms. The fourth-order valence-electron chi connectivity index (χ4n) is 2.52. The van der Waals surface area contributed by atoms with Gasteiger partial charge in [-0.2, -0.15) is 0 Å². The lowest BCUT2D eigenvalue weighted by Crippen LogP contribution is -2.13. The van der Waals surface area contributed by atoms with Crippen LogP contribution in [0.5, 0.6) is 5.75 Å². The van der Waals surface area contributed by atoms with Crippen LogP contribution in [0.25, 0.3) is 11.0 Å². The van der Waals surface area contributed by atoms with Crippen molar-refractivity contribution in [3.05, 3.63) is 24.5 Å². The van der Waals surface area contributed by atoms with Crippen molar-refractivity contribution in [3.8, 4) is 5.75 Å². The molecule has 4 nitrogen and oxygen atoms in total. The lowest BCUT2D eigenvalue weighted by Gasteiger charge is -2.10. The normalized spacial score (nSPS) is 19.9. The van der Waals surface area contributed by atoms with E-state index in [0.717, 1.165) is 42.3 Å². The second kappa shape index (κ2) is 4.37. The Labute approximate surface area is 101 Å². The molecule has 3 rings (SSSR count). The number of rotatable bonds is 3. The number of ether oxygens (including phenoxy) is 1. The lowest BCUT2D eigenvalue weighted by atomic mass is 10.1. The minimum absolute atomic E-state index is 0.721. The Bertz CT molecular complexity index is 514. The Morgan fingerprint density at radius 2 is 2.47 bits per heavy atom. The monoisotopic (exact) mass is 231 g/mol. The average Bonchev–Trinajstić information content (AvgIpc) is 2.99. The molecule has 90 valence electrons. The molecule has 0 aliphatic carbocycles. The van der Waals surface area contributed by atoms with E-state index < -0.39 is 0 Å². The Balaban J connectivity index is 1.94. The molecule has 1 fully saturated rings. The van der Waals surface area contributed by atoms with Gasteiger partial charge < -0.3 is 14.6 Å². The SMILES string of the molecule is COc1cccc2c1ncn2CC1CCNC1. The van der Waals surface area contributed by atoms with Crippen LogP contribution in [0.3, 0.4) is 0 Å². The standard InChI is InChI=1S/C13H17N3O/c1-17-12-4-2-3-11-13(12)15-9-16(11)8-10-5-6-14-7-10/h2-4,9-10,14H,5-8H2,1H3. The Morgan fingerprint density at radius 3 is 3.24 bits per heavy atom. The van der Waals surface area contributed by atoms with E-state index in [0.29, 0.717) is 0 Å². The minimum atomic E-state index is 0.721. The Hall–Kier alpha value is -1.55. The molecule has 0 bridgehead atoms. The summed E-state index contributed by atoms with van der Waals surface area (Å²) in [6, 6.07) is 6.08. The van der Waals surface area contributed by atoms with Gasteiger partial charge in [-0.1, -0.05) is 6.07 Å². The van der Waals surface area contributed by atoms with Crippen LogP contribution in [0.4, 0.5) is 0 Å². The van der Waals surface area contributed by atoms with E-state index in [4.69, 9.17) is 4.74 Å². The molecule has 1 aromatic carbocycles. The van der Waals surface area contributed by atoms with E-state index in [1.165, 1.54) is 6.42 Å². The summed E-state index contributed by atoms with van der Waals surface area (Å²) in [5.41, 5.74) is 2.12. The average molecular weight is 231 g/mol. The van der Waals surface area contributed by atoms with Gasteiger partial charge in [-0.25, -0.2) is 4.98 Å². The minimum Gasteiger partial charge on any atom is -0.494 e. The zero-order valence-electron chi connectivity index (χ0n) is 10.0. The molecule has 2 aromatic rings. The second-order valence-electron chi connectivity index (χ2n) is 4.58. The molecule has 17 heavy (non-hydrogen) atoms. The molecule has 0 saturated carbocycles. The first kappa shape index (κ1) is 10.6. The molecule has 1 saturated heterocycles. The van der Waals surface area contributed by atoms with Crippen molar-refractivity contribution in [2.24, 2.45) is 5.92 Å². The third-order valence-electron chi connectivity index (χ3n) is 3.45. The van der Waals surface area contributed by atoms with Crippen LogP contribution in [0.15, 0.2) is 24.5 Å². The molecule has 0 radical (unpaired) electrons. The van der Waals surface area contributed by atoms with E-state index in [9.17, 15) is 0 Å². The zero-order valence-corrected chi connectivity index (χ0v) is 10.0. The van der Waals surface area contributed by atoms with Crippen LogP contribution in [-0.4, -0.2) is 29.8 Å². The van der Waals surface area contributed by atoms with Gasteiger partial charge in [0.2, 0.25) is 0 Å². The number of hydrogen-bond acceptors (Lipinski definition) is 3. The first-order valence-electron chi connectivity index (χ1n) is 6.07. The third kappa shape index (κ3) is 1.89. The van der Waals surface area contributed by atoms with E-state index in [1.807, 2.05) is 18.5 Å². The van der Waals surface area contributed by atoms with Gasteiger partial charge in [0, 0.05) is 6.54 Å². The highest BCUT2D eigenvalue weighted by atomic mass is 16.5. The largest absolute Gasteiger partial charge is 0.494 e. The first-order valence-corrected chi connectivity index (χ1v) is 6.07. The third-order valence-corrected chi connectivity index (χ3v) is 3.45. The topological polar surface area (TPSA) is 39.1 Å². The summed E-state index contributed by atoms with van der Waals surface area (Å²) in [7, 11) is 1.69. The summed E-state index contributed by atoms with van der Waals surface area (Å²) < 4.78 is 7.55. The molecule has 1 aliphatic rings. The summed E-state index contributed by atoms with van der Waals surface area (Å²) in [5.74, 6) is 1.57. The highest BCUT2D eigenvalue weighted by molar-refractivity contribution is 5.81. The van der Waals surface area contributed by atoms with Gasteiger partial charge >= 0.3 is 0 Å². The van der Waals surface area contributed by atoms with Crippen LogP contribution in [0.2, 0.25) is 0 Å². The molecule has 1 N–H and O–H groups in total. The van der Waals surface area contributed by atoms with Gasteiger partial charge in [-0.05, 0) is 37.6 Å². The highest BCUT2D eigenvalue weighted by Crippen LogP contribution is 2.24. The number of aromatic nitrogens is 2. The number of nitrogens with zero attached hydrogens (tertiary/aromatic N) is 2. The summed E-state index contributed by atoms with van der Waals surface area (Å²) in [6.45, 7) is 3.29. The fourth-order valence-corrected chi connectivity index (χ4v) is 2.52. The van der Waals surface area contributed by atoms with Crippen molar-refractivity contribution in [1.29, 1.82) is 0 Å². The molecule has 2 heterocycles. The number of methoxy groups -OCH3 is 1. The van der Waals surface area contributed by atoms with Gasteiger partial charge in [-0.15, -0.1) is 0 Å². The summed E-state index contributed by atoms with van der Waals surface area (Å²) in [5, 5.41) is 3.40. The van der Waals surface area contributed by atoms with Crippen LogP contribution in [-0.2, 0) is 6.54 Å². The van der Waals surface area contributed by atoms with Crippen LogP contribution >= 0.6 is 0 Å². The van der Waals surface area contributed by atoms with Crippen molar-refractivity contribution >= 4 is 11.0 Å². The van der Waals surface area contributed by atoms with Crippen molar-refractivity contribution in [2.45, 2.75) is 13.0 Å². The molecule has 1 aliphatic heterocycles. The maximum atomic E-state index is 5.32. The van der Waals surface area contributed by atoms with Gasteiger partial charge in [0.05, 0.1) is 19.0 Å². The maximum Gasteiger partial charge on any atom is 0.146 e. The van der Waals surface area contributed by atoms with Crippen LogP contribution in [0, 0.1) is 5.92 Å². The second-order valence-corrected chi connectivity index (χ2v) is 4.58. The van der Waals surface area contributed by atoms with E-state index in [-0.39, 0.29) is 0 Å². The summed E-state index contributed by atoms with van der Waals surface area (Å²) >= 11 is 0. The molecule has 1 unspecified atom stereocenters. The van der Waals surface area contributed by atoms with Gasteiger partial charge in [0.25, 0.3) is 0 Å². The lowest BCUT2D eigenvalue weighted by molar-refractivity contribution is 0.419. The Kier molecular flexibility index (Phi) is 2.73. The van der Waals surface area contributed by atoms with Crippen LogP contribution < -0.4 is 10.1 Å². The molecule has 0 spiro atoms. The summed E-state index contributed by atoms with van der Waals surface area (Å²) in [6.07, 6.45) is 3.18. The maximum absolute atomic E-state index is 5.32. The van der Waals surface area contributed by atoms with Crippen LogP contribution in [0.1, 0.15) is 6.42 Å². The summed E-state index contributed by atoms with van der Waals surface area (Å²) in [4.78, 5) is 4.45. The predicted octanol–water partition coefficient (Wildman–Crippen LogP) is 1.65. The smallest absolute Gasteiger partial charge is 0.146 e. The zero-order chi connectivity index (χ0) is 11.7. The molecule has 1 aromatic heterocycles. The van der Waals surface area contributed by atoms with Crippen molar-refractivity contribution < 1.29 is 4.74 Å². The molecular formula is C13H17N3O. The van der Waals surface area contributed by atoms with Gasteiger partial charge in [0.15, 0.2) is 0 Å². The van der Waals surface area contributed by atoms with E-state index in [2.05, 4.69) is 20.9 Å². The van der Waals surface area contributed by atoms with Crippen molar-refractivity contribution in [2.75, 3.05) is 20.2 Å². The van der Waals surface area contributed by atoms with E-state index in [1.54, 1.807) is 7.11 Å². The molecule has 0 amide bonds. The van der Waals surface area contributed by atoms with Gasteiger partial charge in [0.1, 0.15) is 11.3 Å².